The Morgan fingerprint density at radius 1 is 1.21 bits per heavy atom. The molecule has 19 heavy (non-hydrogen) atoms. The van der Waals surface area contributed by atoms with E-state index in [1.54, 1.807) is 24.3 Å². The zero-order chi connectivity index (χ0) is 14.4. The van der Waals surface area contributed by atoms with Gasteiger partial charge in [-0.2, -0.15) is 0 Å². The zero-order valence-electron chi connectivity index (χ0n) is 10.3. The molecule has 0 aliphatic heterocycles. The van der Waals surface area contributed by atoms with Gasteiger partial charge in [0.1, 0.15) is 0 Å². The van der Waals surface area contributed by atoms with Crippen molar-refractivity contribution in [3.05, 3.63) is 36.4 Å². The largest absolute Gasteiger partial charge is 0.361 e. The van der Waals surface area contributed by atoms with E-state index in [9.17, 15) is 14.4 Å². The number of nitrogens with one attached hydrogen (secondary N) is 3. The highest BCUT2D eigenvalue weighted by molar-refractivity contribution is 6.34. The molecule has 1 rings (SSSR count). The minimum absolute atomic E-state index is 0.197. The number of rotatable bonds is 4. The molecular formula is C12H14N4O3. The van der Waals surface area contributed by atoms with Crippen LogP contribution in [0, 0.1) is 0 Å². The summed E-state index contributed by atoms with van der Waals surface area (Å²) in [4.78, 5) is 32.4. The highest BCUT2D eigenvalue weighted by Gasteiger charge is 2.08. The lowest BCUT2D eigenvalue weighted by molar-refractivity contribution is -0.137. The van der Waals surface area contributed by atoms with Gasteiger partial charge in [0.25, 0.3) is 0 Å². The van der Waals surface area contributed by atoms with Crippen LogP contribution in [0.5, 0.6) is 0 Å². The van der Waals surface area contributed by atoms with Crippen LogP contribution in [0.15, 0.2) is 30.8 Å². The molecule has 0 fully saturated rings. The Labute approximate surface area is 109 Å². The summed E-state index contributed by atoms with van der Waals surface area (Å²) in [7, 11) is 0. The molecule has 0 spiro atoms. The van der Waals surface area contributed by atoms with E-state index in [1.807, 2.05) is 0 Å². The second-order valence-corrected chi connectivity index (χ2v) is 3.68. The molecule has 100 valence electrons. The number of primary amides is 1. The molecule has 0 unspecified atom stereocenters. The molecule has 0 aliphatic carbocycles. The van der Waals surface area contributed by atoms with Gasteiger partial charge in [-0.05, 0) is 12.1 Å². The molecule has 0 bridgehead atoms. The Bertz CT molecular complexity index is 540. The van der Waals surface area contributed by atoms with Crippen molar-refractivity contribution >= 4 is 29.1 Å². The fourth-order valence-electron chi connectivity index (χ4n) is 1.25. The first-order valence-corrected chi connectivity index (χ1v) is 5.33. The van der Waals surface area contributed by atoms with Gasteiger partial charge in [-0.1, -0.05) is 18.7 Å². The highest BCUT2D eigenvalue weighted by Crippen LogP contribution is 2.15. The first-order valence-electron chi connectivity index (χ1n) is 5.33. The van der Waals surface area contributed by atoms with E-state index in [0.717, 1.165) is 0 Å². The molecule has 5 N–H and O–H groups in total. The molecule has 0 atom stereocenters. The Hall–Kier alpha value is -2.83. The Kier molecular flexibility index (Phi) is 4.64. The van der Waals surface area contributed by atoms with Crippen LogP contribution in [-0.2, 0) is 14.4 Å². The maximum Gasteiger partial charge on any atom is 0.327 e. The number of anilines is 1. The van der Waals surface area contributed by atoms with Crippen LogP contribution in [0.2, 0.25) is 0 Å². The van der Waals surface area contributed by atoms with Crippen molar-refractivity contribution in [1.82, 2.24) is 10.9 Å². The summed E-state index contributed by atoms with van der Waals surface area (Å²) in [5.41, 5.74) is 10.9. The predicted molar refractivity (Wildman–Crippen MR) is 70.3 cm³/mol. The summed E-state index contributed by atoms with van der Waals surface area (Å²) in [5.74, 6) is -2.27. The molecule has 0 aliphatic rings. The number of benzene rings is 1. The third kappa shape index (κ3) is 4.50. The minimum Gasteiger partial charge on any atom is -0.361 e. The first-order chi connectivity index (χ1) is 8.90. The number of hydrogen-bond acceptors (Lipinski definition) is 4. The third-order valence-electron chi connectivity index (χ3n) is 2.08. The molecule has 7 heteroatoms. The van der Waals surface area contributed by atoms with Crippen molar-refractivity contribution in [2.75, 3.05) is 5.32 Å². The fourth-order valence-corrected chi connectivity index (χ4v) is 1.25. The van der Waals surface area contributed by atoms with Crippen molar-refractivity contribution in [3.8, 4) is 0 Å². The lowest BCUT2D eigenvalue weighted by Crippen LogP contribution is -2.43. The lowest BCUT2D eigenvalue weighted by atomic mass is 10.1. The van der Waals surface area contributed by atoms with Crippen molar-refractivity contribution in [3.63, 3.8) is 0 Å². The summed E-state index contributed by atoms with van der Waals surface area (Å²) >= 11 is 0. The van der Waals surface area contributed by atoms with Gasteiger partial charge in [-0.25, -0.2) is 0 Å². The van der Waals surface area contributed by atoms with Crippen molar-refractivity contribution in [2.24, 2.45) is 5.73 Å². The molecule has 3 amide bonds. The quantitative estimate of drug-likeness (QED) is 0.441. The molecule has 1 aromatic carbocycles. The second-order valence-electron chi connectivity index (χ2n) is 3.68. The van der Waals surface area contributed by atoms with Crippen molar-refractivity contribution in [1.29, 1.82) is 0 Å². The number of hydrogen-bond donors (Lipinski definition) is 4. The standard InChI is InChI=1S/C12H14N4O3/c1-7(15-16-12(19)11(13)18)9-4-3-5-10(6-9)14-8(2)17/h3-6,15H,1H2,2H3,(H2,13,18)(H,14,17)(H,16,19). The molecular weight excluding hydrogens is 248 g/mol. The van der Waals surface area contributed by atoms with E-state index < -0.39 is 11.8 Å². The van der Waals surface area contributed by atoms with Gasteiger partial charge in [0.2, 0.25) is 5.91 Å². The maximum atomic E-state index is 10.9. The average Bonchev–Trinajstić information content (AvgIpc) is 2.34. The van der Waals surface area contributed by atoms with Crippen LogP contribution in [0.1, 0.15) is 12.5 Å². The van der Waals surface area contributed by atoms with Crippen LogP contribution in [0.3, 0.4) is 0 Å². The summed E-state index contributed by atoms with van der Waals surface area (Å²) in [6, 6.07) is 6.80. The van der Waals surface area contributed by atoms with Gasteiger partial charge in [-0.15, -0.1) is 0 Å². The SMILES string of the molecule is C=C(NNC(=O)C(N)=O)c1cccc(NC(C)=O)c1. The Balaban J connectivity index is 2.69. The van der Waals surface area contributed by atoms with Gasteiger partial charge in [0, 0.05) is 18.2 Å². The zero-order valence-corrected chi connectivity index (χ0v) is 10.3. The van der Waals surface area contributed by atoms with Gasteiger partial charge in [0.15, 0.2) is 0 Å². The highest BCUT2D eigenvalue weighted by atomic mass is 16.2. The van der Waals surface area contributed by atoms with Crippen LogP contribution in [0.25, 0.3) is 5.70 Å². The van der Waals surface area contributed by atoms with E-state index in [4.69, 9.17) is 5.73 Å². The van der Waals surface area contributed by atoms with E-state index in [2.05, 4.69) is 22.7 Å². The first kappa shape index (κ1) is 14.2. The average molecular weight is 262 g/mol. The van der Waals surface area contributed by atoms with Gasteiger partial charge < -0.3 is 11.1 Å². The molecule has 0 saturated heterocycles. The van der Waals surface area contributed by atoms with Crippen LogP contribution in [0.4, 0.5) is 5.69 Å². The molecule has 7 nitrogen and oxygen atoms in total. The topological polar surface area (TPSA) is 113 Å². The molecule has 0 heterocycles. The summed E-state index contributed by atoms with van der Waals surface area (Å²) in [6.07, 6.45) is 0. The van der Waals surface area contributed by atoms with Crippen molar-refractivity contribution < 1.29 is 14.4 Å². The Morgan fingerprint density at radius 3 is 2.47 bits per heavy atom. The predicted octanol–water partition coefficient (Wildman–Crippen LogP) is -0.278. The van der Waals surface area contributed by atoms with E-state index >= 15 is 0 Å². The maximum absolute atomic E-state index is 10.9. The number of amides is 3. The summed E-state index contributed by atoms with van der Waals surface area (Å²) in [5, 5.41) is 2.61. The van der Waals surface area contributed by atoms with Crippen LogP contribution < -0.4 is 21.9 Å². The normalized spacial score (nSPS) is 9.32. The van der Waals surface area contributed by atoms with E-state index in [0.29, 0.717) is 16.9 Å². The van der Waals surface area contributed by atoms with E-state index in [1.165, 1.54) is 6.92 Å². The Morgan fingerprint density at radius 2 is 1.89 bits per heavy atom. The number of carbonyl (C=O) groups excluding carboxylic acids is 3. The number of carbonyl (C=O) groups is 3. The molecule has 1 aromatic rings. The summed E-state index contributed by atoms with van der Waals surface area (Å²) in [6.45, 7) is 5.08. The van der Waals surface area contributed by atoms with Crippen LogP contribution >= 0.6 is 0 Å². The van der Waals surface area contributed by atoms with Crippen molar-refractivity contribution in [2.45, 2.75) is 6.92 Å². The fraction of sp³-hybridized carbons (Fsp3) is 0.0833. The van der Waals surface area contributed by atoms with Gasteiger partial charge in [0.05, 0.1) is 5.70 Å². The monoisotopic (exact) mass is 262 g/mol. The molecule has 0 saturated carbocycles. The third-order valence-corrected chi connectivity index (χ3v) is 2.08. The minimum atomic E-state index is -1.10. The smallest absolute Gasteiger partial charge is 0.327 e. The van der Waals surface area contributed by atoms with E-state index in [-0.39, 0.29) is 5.91 Å². The molecule has 0 radical (unpaired) electrons. The number of hydrazine groups is 1. The summed E-state index contributed by atoms with van der Waals surface area (Å²) < 4.78 is 0. The number of nitrogens with two attached hydrogens (primary N) is 1. The second kappa shape index (κ2) is 6.20. The van der Waals surface area contributed by atoms with Gasteiger partial charge >= 0.3 is 11.8 Å². The van der Waals surface area contributed by atoms with Gasteiger partial charge in [-0.3, -0.25) is 25.2 Å². The van der Waals surface area contributed by atoms with Crippen LogP contribution in [-0.4, -0.2) is 17.7 Å². The molecule has 0 aromatic heterocycles. The lowest BCUT2D eigenvalue weighted by Gasteiger charge is -2.11.